The minimum Gasteiger partial charge on any atom is -0.351 e. The van der Waals surface area contributed by atoms with Gasteiger partial charge in [-0.1, -0.05) is 12.1 Å². The SMILES string of the molecule is CC(C)NC(=O)NCc1ccc(C(=O)NCC23CC4CC(CC(C4)C2)C3)cc1. The van der Waals surface area contributed by atoms with Gasteiger partial charge in [0.05, 0.1) is 0 Å². The van der Waals surface area contributed by atoms with Crippen molar-refractivity contribution >= 4 is 11.9 Å². The third kappa shape index (κ3) is 4.34. The number of urea groups is 1. The van der Waals surface area contributed by atoms with E-state index < -0.39 is 0 Å². The topological polar surface area (TPSA) is 70.2 Å². The van der Waals surface area contributed by atoms with E-state index in [1.165, 1.54) is 38.5 Å². The van der Waals surface area contributed by atoms with Crippen molar-refractivity contribution in [2.45, 2.75) is 65.0 Å². The fourth-order valence-electron chi connectivity index (χ4n) is 6.15. The van der Waals surface area contributed by atoms with Gasteiger partial charge in [0.2, 0.25) is 0 Å². The first kappa shape index (κ1) is 19.3. The van der Waals surface area contributed by atoms with E-state index in [4.69, 9.17) is 0 Å². The maximum absolute atomic E-state index is 12.6. The molecular formula is C23H33N3O2. The number of benzene rings is 1. The molecule has 1 aromatic rings. The number of hydrogen-bond donors (Lipinski definition) is 3. The molecule has 4 aliphatic rings. The fourth-order valence-corrected chi connectivity index (χ4v) is 6.15. The summed E-state index contributed by atoms with van der Waals surface area (Å²) in [6.45, 7) is 5.13. The molecule has 0 unspecified atom stereocenters. The van der Waals surface area contributed by atoms with Crippen LogP contribution in [0.1, 0.15) is 68.3 Å². The average molecular weight is 384 g/mol. The van der Waals surface area contributed by atoms with E-state index in [1.54, 1.807) is 0 Å². The van der Waals surface area contributed by atoms with Crippen LogP contribution in [0.5, 0.6) is 0 Å². The molecule has 5 rings (SSSR count). The summed E-state index contributed by atoms with van der Waals surface area (Å²) in [6, 6.07) is 7.47. The molecule has 0 aliphatic heterocycles. The van der Waals surface area contributed by atoms with Crippen LogP contribution in [0.4, 0.5) is 4.79 Å². The maximum Gasteiger partial charge on any atom is 0.315 e. The van der Waals surface area contributed by atoms with Crippen LogP contribution in [0.2, 0.25) is 0 Å². The summed E-state index contributed by atoms with van der Waals surface area (Å²) >= 11 is 0. The van der Waals surface area contributed by atoms with E-state index in [9.17, 15) is 9.59 Å². The smallest absolute Gasteiger partial charge is 0.315 e. The van der Waals surface area contributed by atoms with Crippen LogP contribution >= 0.6 is 0 Å². The first-order valence-corrected chi connectivity index (χ1v) is 10.8. The number of amides is 3. The van der Waals surface area contributed by atoms with Gasteiger partial charge in [-0.15, -0.1) is 0 Å². The van der Waals surface area contributed by atoms with Crippen molar-refractivity contribution in [2.24, 2.45) is 23.2 Å². The summed E-state index contributed by atoms with van der Waals surface area (Å²) in [5.74, 6) is 2.74. The molecule has 3 N–H and O–H groups in total. The normalized spacial score (nSPS) is 30.3. The van der Waals surface area contributed by atoms with Crippen LogP contribution in [0, 0.1) is 23.2 Å². The minimum atomic E-state index is -0.174. The van der Waals surface area contributed by atoms with Crippen molar-refractivity contribution in [3.05, 3.63) is 35.4 Å². The van der Waals surface area contributed by atoms with Crippen molar-refractivity contribution in [1.29, 1.82) is 0 Å². The molecule has 1 aromatic carbocycles. The third-order valence-electron chi connectivity index (χ3n) is 6.88. The molecule has 28 heavy (non-hydrogen) atoms. The van der Waals surface area contributed by atoms with E-state index >= 15 is 0 Å². The quantitative estimate of drug-likeness (QED) is 0.698. The number of carbonyl (C=O) groups is 2. The van der Waals surface area contributed by atoms with E-state index in [1.807, 2.05) is 38.1 Å². The van der Waals surface area contributed by atoms with Crippen molar-refractivity contribution < 1.29 is 9.59 Å². The highest BCUT2D eigenvalue weighted by Crippen LogP contribution is 2.59. The Labute approximate surface area is 168 Å². The number of carbonyl (C=O) groups excluding carboxylic acids is 2. The third-order valence-corrected chi connectivity index (χ3v) is 6.88. The molecule has 0 spiro atoms. The lowest BCUT2D eigenvalue weighted by Gasteiger charge is -2.56. The summed E-state index contributed by atoms with van der Waals surface area (Å²) in [7, 11) is 0. The molecule has 5 heteroatoms. The van der Waals surface area contributed by atoms with Crippen molar-refractivity contribution in [3.63, 3.8) is 0 Å². The van der Waals surface area contributed by atoms with Crippen molar-refractivity contribution in [1.82, 2.24) is 16.0 Å². The highest BCUT2D eigenvalue weighted by atomic mass is 16.2. The lowest BCUT2D eigenvalue weighted by molar-refractivity contribution is -0.0503. The first-order chi connectivity index (χ1) is 13.4. The second-order valence-corrected chi connectivity index (χ2v) is 9.78. The molecule has 4 bridgehead atoms. The highest BCUT2D eigenvalue weighted by molar-refractivity contribution is 5.94. The molecule has 4 saturated carbocycles. The van der Waals surface area contributed by atoms with Gasteiger partial charge in [-0.25, -0.2) is 4.79 Å². The minimum absolute atomic E-state index is 0.0211. The Morgan fingerprint density at radius 3 is 2.07 bits per heavy atom. The van der Waals surface area contributed by atoms with Crippen molar-refractivity contribution in [2.75, 3.05) is 6.54 Å². The van der Waals surface area contributed by atoms with Gasteiger partial charge in [0.15, 0.2) is 0 Å². The zero-order valence-corrected chi connectivity index (χ0v) is 17.1. The molecule has 0 radical (unpaired) electrons. The predicted molar refractivity (Wildman–Crippen MR) is 110 cm³/mol. The standard InChI is InChI=1S/C23H33N3O2/c1-15(2)26-22(28)24-13-16-3-5-20(6-4-16)21(27)25-14-23-10-17-7-18(11-23)9-19(8-17)12-23/h3-6,15,17-19H,7-14H2,1-2H3,(H,25,27)(H2,24,26,28). The Bertz CT molecular complexity index is 691. The van der Waals surface area contributed by atoms with Crippen LogP contribution < -0.4 is 16.0 Å². The highest BCUT2D eigenvalue weighted by Gasteiger charge is 2.50. The Morgan fingerprint density at radius 2 is 1.54 bits per heavy atom. The van der Waals surface area contributed by atoms with Crippen LogP contribution in [-0.2, 0) is 6.54 Å². The predicted octanol–water partition coefficient (Wildman–Crippen LogP) is 3.84. The second-order valence-electron chi connectivity index (χ2n) is 9.78. The van der Waals surface area contributed by atoms with E-state index in [-0.39, 0.29) is 18.0 Å². The van der Waals surface area contributed by atoms with E-state index in [0.717, 1.165) is 29.9 Å². The van der Waals surface area contributed by atoms with Gasteiger partial charge in [-0.2, -0.15) is 0 Å². The molecule has 4 aliphatic carbocycles. The number of hydrogen-bond acceptors (Lipinski definition) is 2. The summed E-state index contributed by atoms with van der Waals surface area (Å²) in [6.07, 6.45) is 8.21. The van der Waals surface area contributed by atoms with E-state index in [0.29, 0.717) is 17.5 Å². The lowest BCUT2D eigenvalue weighted by atomic mass is 9.49. The number of rotatable bonds is 6. The molecule has 3 amide bonds. The molecule has 5 nitrogen and oxygen atoms in total. The maximum atomic E-state index is 12.6. The summed E-state index contributed by atoms with van der Waals surface area (Å²) < 4.78 is 0. The summed E-state index contributed by atoms with van der Waals surface area (Å²) in [5, 5.41) is 8.86. The van der Waals surface area contributed by atoms with Gasteiger partial charge in [0.25, 0.3) is 5.91 Å². The monoisotopic (exact) mass is 383 g/mol. The van der Waals surface area contributed by atoms with Crippen LogP contribution in [0.25, 0.3) is 0 Å². The first-order valence-electron chi connectivity index (χ1n) is 10.8. The van der Waals surface area contributed by atoms with E-state index in [2.05, 4.69) is 16.0 Å². The molecule has 0 heterocycles. The Kier molecular flexibility index (Phi) is 5.35. The second kappa shape index (κ2) is 7.76. The zero-order chi connectivity index (χ0) is 19.7. The van der Waals surface area contributed by atoms with Gasteiger partial charge in [0.1, 0.15) is 0 Å². The van der Waals surface area contributed by atoms with Crippen LogP contribution in [0.15, 0.2) is 24.3 Å². The molecule has 0 aromatic heterocycles. The van der Waals surface area contributed by atoms with Crippen molar-refractivity contribution in [3.8, 4) is 0 Å². The molecule has 4 fully saturated rings. The van der Waals surface area contributed by atoms with Gasteiger partial charge in [0, 0.05) is 24.7 Å². The molecule has 0 atom stereocenters. The largest absolute Gasteiger partial charge is 0.351 e. The van der Waals surface area contributed by atoms with Gasteiger partial charge < -0.3 is 16.0 Å². The van der Waals surface area contributed by atoms with Crippen LogP contribution in [0.3, 0.4) is 0 Å². The Morgan fingerprint density at radius 1 is 0.964 bits per heavy atom. The Balaban J connectivity index is 1.28. The molecular weight excluding hydrogens is 350 g/mol. The lowest BCUT2D eigenvalue weighted by Crippen LogP contribution is -2.51. The van der Waals surface area contributed by atoms with Crippen LogP contribution in [-0.4, -0.2) is 24.5 Å². The summed E-state index contributed by atoms with van der Waals surface area (Å²) in [5.41, 5.74) is 2.04. The van der Waals surface area contributed by atoms with Gasteiger partial charge in [-0.3, -0.25) is 4.79 Å². The molecule has 0 saturated heterocycles. The molecule has 152 valence electrons. The number of nitrogens with one attached hydrogen (secondary N) is 3. The average Bonchev–Trinajstić information content (AvgIpc) is 2.63. The summed E-state index contributed by atoms with van der Waals surface area (Å²) in [4.78, 5) is 24.3. The van der Waals surface area contributed by atoms with Gasteiger partial charge >= 0.3 is 6.03 Å². The fraction of sp³-hybridized carbons (Fsp3) is 0.652. The van der Waals surface area contributed by atoms with Gasteiger partial charge in [-0.05, 0) is 93.2 Å². The Hall–Kier alpha value is -2.04. The zero-order valence-electron chi connectivity index (χ0n) is 17.1.